The summed E-state index contributed by atoms with van der Waals surface area (Å²) in [6.07, 6.45) is 18.8. The molecule has 0 amide bonds. The molecule has 6 atom stereocenters. The lowest BCUT2D eigenvalue weighted by molar-refractivity contribution is 0.112. The number of hydrogen-bond acceptors (Lipinski definition) is 1. The van der Waals surface area contributed by atoms with Gasteiger partial charge in [0.2, 0.25) is 0 Å². The zero-order chi connectivity index (χ0) is 21.2. The van der Waals surface area contributed by atoms with E-state index in [9.17, 15) is 5.11 Å². The molecule has 0 radical (unpaired) electrons. The van der Waals surface area contributed by atoms with Crippen LogP contribution in [0, 0.1) is 35.0 Å². The number of fused-ring (bicyclic) bond motifs is 1. The molecule has 1 heteroatoms. The van der Waals surface area contributed by atoms with Crippen molar-refractivity contribution in [3.05, 3.63) is 47.6 Å². The normalized spacial score (nSPS) is 38.2. The van der Waals surface area contributed by atoms with Crippen LogP contribution in [-0.4, -0.2) is 11.2 Å². The van der Waals surface area contributed by atoms with Crippen LogP contribution in [0.25, 0.3) is 0 Å². The molecule has 3 aliphatic rings. The molecule has 1 N–H and O–H groups in total. The Morgan fingerprint density at radius 1 is 1.03 bits per heavy atom. The molecule has 0 bridgehead atoms. The summed E-state index contributed by atoms with van der Waals surface area (Å²) in [6, 6.07) is 0. The highest BCUT2D eigenvalue weighted by atomic mass is 16.3. The van der Waals surface area contributed by atoms with Crippen LogP contribution in [0.1, 0.15) is 86.0 Å². The highest BCUT2D eigenvalue weighted by Crippen LogP contribution is 2.59. The van der Waals surface area contributed by atoms with Crippen LogP contribution in [0.15, 0.2) is 47.6 Å². The predicted molar refractivity (Wildman–Crippen MR) is 126 cm³/mol. The van der Waals surface area contributed by atoms with Gasteiger partial charge in [0.05, 0.1) is 6.10 Å². The molecule has 0 aromatic heterocycles. The van der Waals surface area contributed by atoms with Gasteiger partial charge in [-0.15, -0.1) is 0 Å². The van der Waals surface area contributed by atoms with Gasteiger partial charge >= 0.3 is 0 Å². The number of aliphatic hydroxyl groups excluding tert-OH is 1. The molecule has 0 aromatic rings. The van der Waals surface area contributed by atoms with Gasteiger partial charge < -0.3 is 5.11 Å². The van der Waals surface area contributed by atoms with E-state index in [0.717, 1.165) is 37.0 Å². The molecular formula is C28H44O. The van der Waals surface area contributed by atoms with Gasteiger partial charge in [0.25, 0.3) is 0 Å². The van der Waals surface area contributed by atoms with Crippen LogP contribution in [0.4, 0.5) is 0 Å². The molecule has 162 valence electrons. The maximum atomic E-state index is 10.0. The van der Waals surface area contributed by atoms with Crippen LogP contribution in [0.2, 0.25) is 0 Å². The summed E-state index contributed by atoms with van der Waals surface area (Å²) in [6.45, 7) is 16.3. The second kappa shape index (κ2) is 9.38. The van der Waals surface area contributed by atoms with E-state index >= 15 is 0 Å². The minimum absolute atomic E-state index is 0.182. The maximum absolute atomic E-state index is 10.0. The molecule has 3 saturated carbocycles. The van der Waals surface area contributed by atoms with Gasteiger partial charge in [0.1, 0.15) is 0 Å². The van der Waals surface area contributed by atoms with Gasteiger partial charge in [0, 0.05) is 0 Å². The summed E-state index contributed by atoms with van der Waals surface area (Å²) in [4.78, 5) is 0. The van der Waals surface area contributed by atoms with Crippen LogP contribution in [0.5, 0.6) is 0 Å². The third-order valence-corrected chi connectivity index (χ3v) is 8.63. The molecule has 3 aliphatic carbocycles. The van der Waals surface area contributed by atoms with Crippen molar-refractivity contribution in [3.8, 4) is 0 Å². The van der Waals surface area contributed by atoms with Crippen LogP contribution >= 0.6 is 0 Å². The molecule has 0 saturated heterocycles. The van der Waals surface area contributed by atoms with E-state index in [1.165, 1.54) is 43.3 Å². The Kier molecular flexibility index (Phi) is 7.31. The molecule has 0 aliphatic heterocycles. The van der Waals surface area contributed by atoms with Crippen molar-refractivity contribution in [2.45, 2.75) is 92.1 Å². The lowest BCUT2D eigenvalue weighted by Crippen LogP contribution is -2.35. The van der Waals surface area contributed by atoms with Crippen LogP contribution in [0.3, 0.4) is 0 Å². The quantitative estimate of drug-likeness (QED) is 0.473. The van der Waals surface area contributed by atoms with E-state index in [2.05, 4.69) is 65.5 Å². The second-order valence-electron chi connectivity index (χ2n) is 10.9. The lowest BCUT2D eigenvalue weighted by Gasteiger charge is -2.44. The predicted octanol–water partition coefficient (Wildman–Crippen LogP) is 7.64. The molecule has 0 aromatic carbocycles. The van der Waals surface area contributed by atoms with Gasteiger partial charge in [-0.1, -0.05) is 76.6 Å². The fourth-order valence-electron chi connectivity index (χ4n) is 6.25. The summed E-state index contributed by atoms with van der Waals surface area (Å²) in [5, 5.41) is 10.0. The van der Waals surface area contributed by atoms with E-state index in [0.29, 0.717) is 17.3 Å². The van der Waals surface area contributed by atoms with E-state index in [4.69, 9.17) is 0 Å². The Labute approximate surface area is 180 Å². The minimum atomic E-state index is -0.182. The smallest absolute Gasteiger partial charge is 0.0583 e. The molecule has 1 nitrogen and oxygen atoms in total. The lowest BCUT2D eigenvalue weighted by atomic mass is 9.61. The maximum Gasteiger partial charge on any atom is 0.0583 e. The first-order valence-corrected chi connectivity index (χ1v) is 12.2. The van der Waals surface area contributed by atoms with Crippen LogP contribution in [-0.2, 0) is 0 Å². The largest absolute Gasteiger partial charge is 0.393 e. The fraction of sp³-hybridized carbons (Fsp3) is 0.714. The van der Waals surface area contributed by atoms with Gasteiger partial charge in [-0.2, -0.15) is 0 Å². The Bertz CT molecular complexity index is 678. The first-order valence-electron chi connectivity index (χ1n) is 12.2. The van der Waals surface area contributed by atoms with Gasteiger partial charge in [0.15, 0.2) is 0 Å². The summed E-state index contributed by atoms with van der Waals surface area (Å²) >= 11 is 0. The zero-order valence-corrected chi connectivity index (χ0v) is 19.6. The third-order valence-electron chi connectivity index (χ3n) is 8.63. The molecule has 0 heterocycles. The SMILES string of the molecule is C=C1CC[C@H](O)C/C1=C\C=C1CCC[C@@]2(C)C1CC[C@@H]2[C@H](C)/C=C/[C@H](C)C(C)C. The van der Waals surface area contributed by atoms with E-state index in [1.54, 1.807) is 5.57 Å². The van der Waals surface area contributed by atoms with Crippen molar-refractivity contribution < 1.29 is 5.11 Å². The van der Waals surface area contributed by atoms with Gasteiger partial charge in [-0.05, 0) is 91.9 Å². The van der Waals surface area contributed by atoms with Crippen molar-refractivity contribution in [1.82, 2.24) is 0 Å². The average molecular weight is 397 g/mol. The fourth-order valence-corrected chi connectivity index (χ4v) is 6.25. The standard InChI is InChI=1S/C28H44O/c1-19(2)20(3)9-10-22(5)26-15-16-27-23(8-7-17-28(26,27)6)12-13-24-18-25(29)14-11-21(24)4/h9-10,12-13,19-20,22,25-27,29H,4,7-8,11,14-18H2,1-3,5-6H3/b10-9+,23-12?,24-13+/t20-,22+,25-,26+,27?,28+/m0/s1. The minimum Gasteiger partial charge on any atom is -0.393 e. The first-order chi connectivity index (χ1) is 13.7. The monoisotopic (exact) mass is 396 g/mol. The summed E-state index contributed by atoms with van der Waals surface area (Å²) < 4.78 is 0. The second-order valence-corrected chi connectivity index (χ2v) is 10.9. The first kappa shape index (κ1) is 22.6. The van der Waals surface area contributed by atoms with Crippen molar-refractivity contribution in [2.75, 3.05) is 0 Å². The van der Waals surface area contributed by atoms with Crippen molar-refractivity contribution in [1.29, 1.82) is 0 Å². The van der Waals surface area contributed by atoms with Crippen LogP contribution < -0.4 is 0 Å². The highest BCUT2D eigenvalue weighted by Gasteiger charge is 2.50. The number of aliphatic hydroxyl groups is 1. The zero-order valence-electron chi connectivity index (χ0n) is 19.6. The average Bonchev–Trinajstić information content (AvgIpc) is 3.04. The number of rotatable bonds is 5. The Morgan fingerprint density at radius 2 is 1.79 bits per heavy atom. The third kappa shape index (κ3) is 4.98. The summed E-state index contributed by atoms with van der Waals surface area (Å²) in [5.74, 6) is 3.58. The molecule has 1 unspecified atom stereocenters. The number of hydrogen-bond donors (Lipinski definition) is 1. The summed E-state index contributed by atoms with van der Waals surface area (Å²) in [7, 11) is 0. The molecule has 3 rings (SSSR count). The topological polar surface area (TPSA) is 20.2 Å². The number of allylic oxidation sites excluding steroid dienone is 6. The Morgan fingerprint density at radius 3 is 2.52 bits per heavy atom. The van der Waals surface area contributed by atoms with Crippen molar-refractivity contribution in [3.63, 3.8) is 0 Å². The van der Waals surface area contributed by atoms with E-state index < -0.39 is 0 Å². The molecular weight excluding hydrogens is 352 g/mol. The van der Waals surface area contributed by atoms with E-state index in [1.807, 2.05) is 0 Å². The Hall–Kier alpha value is -1.08. The highest BCUT2D eigenvalue weighted by molar-refractivity contribution is 5.36. The van der Waals surface area contributed by atoms with Crippen molar-refractivity contribution >= 4 is 0 Å². The van der Waals surface area contributed by atoms with Gasteiger partial charge in [-0.3, -0.25) is 0 Å². The Balaban J connectivity index is 1.75. The van der Waals surface area contributed by atoms with Crippen molar-refractivity contribution in [2.24, 2.45) is 35.0 Å². The molecule has 0 spiro atoms. The molecule has 3 fully saturated rings. The molecule has 29 heavy (non-hydrogen) atoms. The summed E-state index contributed by atoms with van der Waals surface area (Å²) in [5.41, 5.74) is 4.61. The van der Waals surface area contributed by atoms with Gasteiger partial charge in [-0.25, -0.2) is 0 Å². The van der Waals surface area contributed by atoms with E-state index in [-0.39, 0.29) is 6.10 Å².